The van der Waals surface area contributed by atoms with Gasteiger partial charge in [-0.15, -0.1) is 0 Å². The molecule has 0 amide bonds. The van der Waals surface area contributed by atoms with E-state index in [-0.39, 0.29) is 0 Å². The lowest BCUT2D eigenvalue weighted by molar-refractivity contribution is -0.0278. The van der Waals surface area contributed by atoms with Gasteiger partial charge in [-0.3, -0.25) is 0 Å². The highest BCUT2D eigenvalue weighted by atomic mass is 14.6. The summed E-state index contributed by atoms with van der Waals surface area (Å²) in [7, 11) is 0. The van der Waals surface area contributed by atoms with E-state index < -0.39 is 0 Å². The Kier molecular flexibility index (Phi) is 1.42. The van der Waals surface area contributed by atoms with Gasteiger partial charge in [-0.05, 0) is 43.4 Å². The summed E-state index contributed by atoms with van der Waals surface area (Å²) in [5, 5.41) is 0. The summed E-state index contributed by atoms with van der Waals surface area (Å²) in [5.41, 5.74) is 2.37. The van der Waals surface area contributed by atoms with Crippen LogP contribution in [-0.2, 0) is 0 Å². The van der Waals surface area contributed by atoms with Crippen molar-refractivity contribution in [2.45, 2.75) is 40.0 Å². The maximum absolute atomic E-state index is 2.44. The first-order chi connectivity index (χ1) is 5.16. The Hall–Kier alpha value is -0.260. The second kappa shape index (κ2) is 2.12. The second-order valence-corrected chi connectivity index (χ2v) is 4.71. The fourth-order valence-electron chi connectivity index (χ4n) is 3.00. The lowest BCUT2D eigenvalue weighted by atomic mass is 9.47. The standard InChI is InChI=1S/C11H18/c1-4-8-5-6-9-7-10(8)11(9,2)3/h4,9-10H,5-7H2,1-3H3/b8-4-. The van der Waals surface area contributed by atoms with Crippen molar-refractivity contribution in [2.75, 3.05) is 0 Å². The van der Waals surface area contributed by atoms with Crippen LogP contribution in [0.4, 0.5) is 0 Å². The molecular formula is C11H18. The Morgan fingerprint density at radius 3 is 2.55 bits per heavy atom. The van der Waals surface area contributed by atoms with E-state index in [9.17, 15) is 0 Å². The van der Waals surface area contributed by atoms with Crippen LogP contribution in [0.5, 0.6) is 0 Å². The third-order valence-corrected chi connectivity index (χ3v) is 4.07. The third kappa shape index (κ3) is 0.816. The van der Waals surface area contributed by atoms with Crippen molar-refractivity contribution in [2.24, 2.45) is 17.3 Å². The van der Waals surface area contributed by atoms with E-state index in [1.54, 1.807) is 5.57 Å². The monoisotopic (exact) mass is 150 g/mol. The molecule has 0 heterocycles. The molecule has 2 atom stereocenters. The summed E-state index contributed by atoms with van der Waals surface area (Å²) in [5.74, 6) is 1.97. The molecule has 3 saturated carbocycles. The van der Waals surface area contributed by atoms with Crippen molar-refractivity contribution < 1.29 is 0 Å². The van der Waals surface area contributed by atoms with Gasteiger partial charge in [0.15, 0.2) is 0 Å². The molecule has 0 heteroatoms. The van der Waals surface area contributed by atoms with E-state index in [0.29, 0.717) is 5.41 Å². The molecule has 3 rings (SSSR count). The summed E-state index contributed by atoms with van der Waals surface area (Å²) in [4.78, 5) is 0. The normalized spacial score (nSPS) is 43.7. The number of allylic oxidation sites excluding steroid dienone is 2. The second-order valence-electron chi connectivity index (χ2n) is 4.71. The molecule has 0 aromatic heterocycles. The van der Waals surface area contributed by atoms with Crippen molar-refractivity contribution in [3.63, 3.8) is 0 Å². The molecule has 0 N–H and O–H groups in total. The van der Waals surface area contributed by atoms with Crippen LogP contribution in [0, 0.1) is 17.3 Å². The summed E-state index contributed by atoms with van der Waals surface area (Å²) < 4.78 is 0. The maximum Gasteiger partial charge on any atom is -0.0146 e. The van der Waals surface area contributed by atoms with E-state index in [4.69, 9.17) is 0 Å². The number of hydrogen-bond donors (Lipinski definition) is 0. The first kappa shape index (κ1) is 7.39. The lowest BCUT2D eigenvalue weighted by Gasteiger charge is -2.57. The molecule has 0 spiro atoms. The van der Waals surface area contributed by atoms with Gasteiger partial charge in [-0.1, -0.05) is 25.5 Å². The molecular weight excluding hydrogens is 132 g/mol. The first-order valence-corrected chi connectivity index (χ1v) is 4.81. The molecule has 0 aliphatic heterocycles. The fourth-order valence-corrected chi connectivity index (χ4v) is 3.00. The summed E-state index contributed by atoms with van der Waals surface area (Å²) in [6, 6.07) is 0. The zero-order chi connectivity index (χ0) is 8.06. The van der Waals surface area contributed by atoms with Gasteiger partial charge in [0.1, 0.15) is 0 Å². The lowest BCUT2D eigenvalue weighted by Crippen LogP contribution is -2.49. The molecule has 2 unspecified atom stereocenters. The zero-order valence-corrected chi connectivity index (χ0v) is 7.85. The summed E-state index contributed by atoms with van der Waals surface area (Å²) >= 11 is 0. The van der Waals surface area contributed by atoms with Gasteiger partial charge in [0, 0.05) is 0 Å². The van der Waals surface area contributed by atoms with Gasteiger partial charge >= 0.3 is 0 Å². The van der Waals surface area contributed by atoms with Gasteiger partial charge in [-0.25, -0.2) is 0 Å². The molecule has 3 aliphatic carbocycles. The van der Waals surface area contributed by atoms with Crippen LogP contribution in [0.15, 0.2) is 11.6 Å². The van der Waals surface area contributed by atoms with Gasteiger partial charge in [0.05, 0.1) is 0 Å². The molecule has 0 saturated heterocycles. The topological polar surface area (TPSA) is 0 Å². The summed E-state index contributed by atoms with van der Waals surface area (Å²) in [6.07, 6.45) is 6.66. The molecule has 0 nitrogen and oxygen atoms in total. The molecule has 3 aliphatic rings. The average molecular weight is 150 g/mol. The molecule has 11 heavy (non-hydrogen) atoms. The molecule has 0 radical (unpaired) electrons. The van der Waals surface area contributed by atoms with Gasteiger partial charge in [0.25, 0.3) is 0 Å². The first-order valence-electron chi connectivity index (χ1n) is 4.81. The van der Waals surface area contributed by atoms with Crippen molar-refractivity contribution in [1.82, 2.24) is 0 Å². The van der Waals surface area contributed by atoms with Crippen molar-refractivity contribution >= 4 is 0 Å². The van der Waals surface area contributed by atoms with E-state index in [1.165, 1.54) is 19.3 Å². The van der Waals surface area contributed by atoms with E-state index in [0.717, 1.165) is 11.8 Å². The Balaban J connectivity index is 2.23. The average Bonchev–Trinajstić information content (AvgIpc) is 2.04. The van der Waals surface area contributed by atoms with E-state index in [2.05, 4.69) is 26.8 Å². The zero-order valence-electron chi connectivity index (χ0n) is 7.85. The maximum atomic E-state index is 2.44. The molecule has 2 bridgehead atoms. The van der Waals surface area contributed by atoms with Crippen LogP contribution in [-0.4, -0.2) is 0 Å². The minimum Gasteiger partial charge on any atom is -0.0882 e. The number of rotatable bonds is 0. The Morgan fingerprint density at radius 2 is 2.18 bits per heavy atom. The van der Waals surface area contributed by atoms with Crippen molar-refractivity contribution in [3.8, 4) is 0 Å². The third-order valence-electron chi connectivity index (χ3n) is 4.07. The van der Waals surface area contributed by atoms with E-state index >= 15 is 0 Å². The summed E-state index contributed by atoms with van der Waals surface area (Å²) in [6.45, 7) is 7.08. The molecule has 0 aromatic rings. The Labute approximate surface area is 69.7 Å². The van der Waals surface area contributed by atoms with Gasteiger partial charge in [-0.2, -0.15) is 0 Å². The molecule has 0 aromatic carbocycles. The number of fused-ring (bicyclic) bond motifs is 2. The molecule has 62 valence electrons. The SMILES string of the molecule is C/C=C1/CCC2CC1C2(C)C. The van der Waals surface area contributed by atoms with Crippen LogP contribution >= 0.6 is 0 Å². The largest absolute Gasteiger partial charge is 0.0882 e. The van der Waals surface area contributed by atoms with Crippen LogP contribution in [0.2, 0.25) is 0 Å². The van der Waals surface area contributed by atoms with Crippen LogP contribution in [0.25, 0.3) is 0 Å². The quantitative estimate of drug-likeness (QED) is 0.464. The van der Waals surface area contributed by atoms with Crippen molar-refractivity contribution in [1.29, 1.82) is 0 Å². The Morgan fingerprint density at radius 1 is 1.45 bits per heavy atom. The predicted octanol–water partition coefficient (Wildman–Crippen LogP) is 3.39. The predicted molar refractivity (Wildman–Crippen MR) is 48.4 cm³/mol. The Bertz CT molecular complexity index is 196. The van der Waals surface area contributed by atoms with Crippen LogP contribution in [0.3, 0.4) is 0 Å². The number of hydrogen-bond acceptors (Lipinski definition) is 0. The van der Waals surface area contributed by atoms with Crippen LogP contribution < -0.4 is 0 Å². The minimum absolute atomic E-state index is 0.639. The van der Waals surface area contributed by atoms with E-state index in [1.807, 2.05) is 0 Å². The highest BCUT2D eigenvalue weighted by Gasteiger charge is 2.51. The highest BCUT2D eigenvalue weighted by molar-refractivity contribution is 5.20. The van der Waals surface area contributed by atoms with Crippen LogP contribution in [0.1, 0.15) is 40.0 Å². The van der Waals surface area contributed by atoms with Gasteiger partial charge < -0.3 is 0 Å². The smallest absolute Gasteiger partial charge is 0.0146 e. The highest BCUT2D eigenvalue weighted by Crippen LogP contribution is 2.60. The minimum atomic E-state index is 0.639. The van der Waals surface area contributed by atoms with Gasteiger partial charge in [0.2, 0.25) is 0 Å². The fraction of sp³-hybridized carbons (Fsp3) is 0.818. The molecule has 3 fully saturated rings. The van der Waals surface area contributed by atoms with Crippen molar-refractivity contribution in [3.05, 3.63) is 11.6 Å².